The Balaban J connectivity index is 2.36. The van der Waals surface area contributed by atoms with Crippen LogP contribution in [-0.2, 0) is 0 Å². The van der Waals surface area contributed by atoms with Gasteiger partial charge in [-0.2, -0.15) is 11.8 Å². The molecule has 96 valence electrons. The lowest BCUT2D eigenvalue weighted by molar-refractivity contribution is 0.0952. The second-order valence-corrected chi connectivity index (χ2v) is 5.79. The van der Waals surface area contributed by atoms with E-state index >= 15 is 0 Å². The van der Waals surface area contributed by atoms with E-state index in [1.807, 2.05) is 6.92 Å². The zero-order valence-electron chi connectivity index (χ0n) is 10.3. The van der Waals surface area contributed by atoms with Crippen LogP contribution in [0, 0.1) is 0 Å². The number of thioether (sulfide) groups is 1. The maximum absolute atomic E-state index is 11.7. The van der Waals surface area contributed by atoms with Crippen molar-refractivity contribution in [1.82, 2.24) is 15.5 Å². The van der Waals surface area contributed by atoms with Crippen LogP contribution in [-0.4, -0.2) is 40.7 Å². The van der Waals surface area contributed by atoms with Crippen LogP contribution < -0.4 is 10.6 Å². The Labute approximate surface area is 110 Å². The monoisotopic (exact) mass is 274 g/mol. The van der Waals surface area contributed by atoms with Crippen LogP contribution in [0.5, 0.6) is 0 Å². The molecule has 1 rings (SSSR count). The predicted octanol–water partition coefficient (Wildman–Crippen LogP) is 1.84. The third-order valence-corrected chi connectivity index (χ3v) is 4.11. The standard InChI is InChI=1S/C10H18N4OS2/c1-4-11-10-14-13-9(17-10)8(15)12-6-5-7(2)16-3/h7H,4-6H2,1-3H3,(H,11,14)(H,12,15). The molecule has 1 aromatic heterocycles. The molecule has 0 fully saturated rings. The van der Waals surface area contributed by atoms with Crippen molar-refractivity contribution < 1.29 is 4.79 Å². The molecule has 7 heteroatoms. The Morgan fingerprint density at radius 2 is 2.29 bits per heavy atom. The van der Waals surface area contributed by atoms with E-state index < -0.39 is 0 Å². The summed E-state index contributed by atoms with van der Waals surface area (Å²) < 4.78 is 0. The zero-order chi connectivity index (χ0) is 12.7. The molecule has 0 aromatic carbocycles. The molecule has 2 N–H and O–H groups in total. The molecule has 17 heavy (non-hydrogen) atoms. The van der Waals surface area contributed by atoms with Crippen molar-refractivity contribution in [2.45, 2.75) is 25.5 Å². The maximum atomic E-state index is 11.7. The van der Waals surface area contributed by atoms with Crippen molar-refractivity contribution in [1.29, 1.82) is 0 Å². The van der Waals surface area contributed by atoms with Crippen molar-refractivity contribution in [3.8, 4) is 0 Å². The molecule has 1 aromatic rings. The smallest absolute Gasteiger partial charge is 0.282 e. The largest absolute Gasteiger partial charge is 0.360 e. The summed E-state index contributed by atoms with van der Waals surface area (Å²) in [5.41, 5.74) is 0. The molecule has 1 unspecified atom stereocenters. The Bertz CT molecular complexity index is 356. The van der Waals surface area contributed by atoms with Crippen LogP contribution >= 0.6 is 23.1 Å². The molecule has 5 nitrogen and oxygen atoms in total. The van der Waals surface area contributed by atoms with Gasteiger partial charge in [0.15, 0.2) is 0 Å². The molecule has 0 spiro atoms. The van der Waals surface area contributed by atoms with Crippen LogP contribution in [0.25, 0.3) is 0 Å². The summed E-state index contributed by atoms with van der Waals surface area (Å²) in [5.74, 6) is -0.139. The minimum atomic E-state index is -0.139. The Kier molecular flexibility index (Phi) is 6.28. The Hall–Kier alpha value is -0.820. The number of hydrogen-bond donors (Lipinski definition) is 2. The molecule has 0 aliphatic carbocycles. The van der Waals surface area contributed by atoms with E-state index in [2.05, 4.69) is 34.0 Å². The van der Waals surface area contributed by atoms with Crippen molar-refractivity contribution in [2.24, 2.45) is 0 Å². The minimum Gasteiger partial charge on any atom is -0.360 e. The summed E-state index contributed by atoms with van der Waals surface area (Å²) in [6, 6.07) is 0. The van der Waals surface area contributed by atoms with Gasteiger partial charge in [0.05, 0.1) is 0 Å². The summed E-state index contributed by atoms with van der Waals surface area (Å²) in [5, 5.41) is 15.3. The molecule has 0 saturated heterocycles. The van der Waals surface area contributed by atoms with E-state index in [9.17, 15) is 4.79 Å². The van der Waals surface area contributed by atoms with Gasteiger partial charge in [-0.3, -0.25) is 4.79 Å². The number of nitrogens with one attached hydrogen (secondary N) is 2. The van der Waals surface area contributed by atoms with E-state index in [-0.39, 0.29) is 5.91 Å². The fourth-order valence-electron chi connectivity index (χ4n) is 1.12. The van der Waals surface area contributed by atoms with Crippen molar-refractivity contribution in [2.75, 3.05) is 24.7 Å². The first-order valence-corrected chi connectivity index (χ1v) is 7.66. The van der Waals surface area contributed by atoms with Crippen LogP contribution in [0.2, 0.25) is 0 Å². The fraction of sp³-hybridized carbons (Fsp3) is 0.700. The fourth-order valence-corrected chi connectivity index (χ4v) is 2.20. The molecule has 0 radical (unpaired) electrons. The summed E-state index contributed by atoms with van der Waals surface area (Å²) in [6.45, 7) is 5.58. The van der Waals surface area contributed by atoms with Crippen molar-refractivity contribution in [3.63, 3.8) is 0 Å². The molecule has 1 atom stereocenters. The lowest BCUT2D eigenvalue weighted by atomic mass is 10.3. The van der Waals surface area contributed by atoms with Gasteiger partial charge in [-0.05, 0) is 19.6 Å². The molecule has 0 aliphatic heterocycles. The van der Waals surface area contributed by atoms with E-state index in [1.165, 1.54) is 11.3 Å². The molecule has 0 aliphatic rings. The van der Waals surface area contributed by atoms with Crippen LogP contribution in [0.15, 0.2) is 0 Å². The quantitative estimate of drug-likeness (QED) is 0.794. The van der Waals surface area contributed by atoms with Crippen molar-refractivity contribution >= 4 is 34.1 Å². The third kappa shape index (κ3) is 4.91. The number of aromatic nitrogens is 2. The average molecular weight is 274 g/mol. The van der Waals surface area contributed by atoms with Gasteiger partial charge in [-0.1, -0.05) is 18.3 Å². The number of anilines is 1. The molecule has 1 heterocycles. The Morgan fingerprint density at radius 3 is 2.94 bits per heavy atom. The first-order chi connectivity index (χ1) is 8.17. The number of amides is 1. The van der Waals surface area contributed by atoms with E-state index in [1.54, 1.807) is 11.8 Å². The highest BCUT2D eigenvalue weighted by molar-refractivity contribution is 7.99. The molecule has 1 amide bonds. The van der Waals surface area contributed by atoms with E-state index in [0.717, 1.165) is 13.0 Å². The number of carbonyl (C=O) groups is 1. The minimum absolute atomic E-state index is 0.139. The number of rotatable bonds is 7. The second kappa shape index (κ2) is 7.50. The first kappa shape index (κ1) is 14.2. The van der Waals surface area contributed by atoms with Gasteiger partial charge in [0, 0.05) is 18.3 Å². The van der Waals surface area contributed by atoms with Crippen molar-refractivity contribution in [3.05, 3.63) is 5.01 Å². The summed E-state index contributed by atoms with van der Waals surface area (Å²) >= 11 is 3.08. The normalized spacial score (nSPS) is 12.2. The van der Waals surface area contributed by atoms with Crippen LogP contribution in [0.3, 0.4) is 0 Å². The number of carbonyl (C=O) groups excluding carboxylic acids is 1. The Morgan fingerprint density at radius 1 is 1.53 bits per heavy atom. The van der Waals surface area contributed by atoms with Gasteiger partial charge < -0.3 is 10.6 Å². The van der Waals surface area contributed by atoms with Gasteiger partial charge in [-0.25, -0.2) is 0 Å². The molecular weight excluding hydrogens is 256 g/mol. The summed E-state index contributed by atoms with van der Waals surface area (Å²) in [6.07, 6.45) is 3.03. The molecule has 0 saturated carbocycles. The van der Waals surface area contributed by atoms with Crippen LogP contribution in [0.4, 0.5) is 5.13 Å². The van der Waals surface area contributed by atoms with Gasteiger partial charge in [0.25, 0.3) is 5.91 Å². The van der Waals surface area contributed by atoms with Crippen LogP contribution in [0.1, 0.15) is 30.1 Å². The van der Waals surface area contributed by atoms with E-state index in [0.29, 0.717) is 21.9 Å². The highest BCUT2D eigenvalue weighted by Crippen LogP contribution is 2.14. The number of hydrogen-bond acceptors (Lipinski definition) is 6. The zero-order valence-corrected chi connectivity index (χ0v) is 12.0. The van der Waals surface area contributed by atoms with Gasteiger partial charge >= 0.3 is 0 Å². The maximum Gasteiger partial charge on any atom is 0.282 e. The van der Waals surface area contributed by atoms with Gasteiger partial charge in [0.2, 0.25) is 10.1 Å². The van der Waals surface area contributed by atoms with Gasteiger partial charge in [0.1, 0.15) is 0 Å². The topological polar surface area (TPSA) is 66.9 Å². The predicted molar refractivity (Wildman–Crippen MR) is 74.0 cm³/mol. The third-order valence-electron chi connectivity index (χ3n) is 2.19. The average Bonchev–Trinajstić information content (AvgIpc) is 2.78. The summed E-state index contributed by atoms with van der Waals surface area (Å²) in [4.78, 5) is 11.7. The summed E-state index contributed by atoms with van der Waals surface area (Å²) in [7, 11) is 0. The first-order valence-electron chi connectivity index (χ1n) is 5.55. The second-order valence-electron chi connectivity index (χ2n) is 3.53. The lowest BCUT2D eigenvalue weighted by Crippen LogP contribution is -2.25. The lowest BCUT2D eigenvalue weighted by Gasteiger charge is -2.07. The van der Waals surface area contributed by atoms with Gasteiger partial charge in [-0.15, -0.1) is 10.2 Å². The number of nitrogens with zero attached hydrogens (tertiary/aromatic N) is 2. The molecular formula is C10H18N4OS2. The van der Waals surface area contributed by atoms with E-state index in [4.69, 9.17) is 0 Å². The highest BCUT2D eigenvalue weighted by atomic mass is 32.2. The molecule has 0 bridgehead atoms. The SMILES string of the molecule is CCNc1nnc(C(=O)NCCC(C)SC)s1. The highest BCUT2D eigenvalue weighted by Gasteiger charge is 2.12.